The molecule has 5 nitrogen and oxygen atoms in total. The molecule has 0 saturated carbocycles. The fourth-order valence-corrected chi connectivity index (χ4v) is 2.73. The van der Waals surface area contributed by atoms with Crippen LogP contribution in [0.25, 0.3) is 0 Å². The Hall–Kier alpha value is -1.73. The fourth-order valence-electron chi connectivity index (χ4n) is 1.36. The van der Waals surface area contributed by atoms with Crippen LogP contribution in [0.2, 0.25) is 0 Å². The van der Waals surface area contributed by atoms with Crippen molar-refractivity contribution < 1.29 is 14.7 Å². The topological polar surface area (TPSA) is 79.3 Å². The summed E-state index contributed by atoms with van der Waals surface area (Å²) in [7, 11) is 0. The molecule has 94 valence electrons. The van der Waals surface area contributed by atoms with Crippen molar-refractivity contribution in [3.05, 3.63) is 33.1 Å². The number of rotatable bonds is 4. The van der Waals surface area contributed by atoms with E-state index in [9.17, 15) is 9.59 Å². The zero-order valence-corrected chi connectivity index (χ0v) is 11.1. The number of thiophene rings is 1. The summed E-state index contributed by atoms with van der Waals surface area (Å²) < 4.78 is 0. The van der Waals surface area contributed by atoms with Gasteiger partial charge in [0.15, 0.2) is 0 Å². The number of carbonyl (C=O) groups is 2. The van der Waals surface area contributed by atoms with Gasteiger partial charge in [-0.1, -0.05) is 0 Å². The Balaban J connectivity index is 1.96. The van der Waals surface area contributed by atoms with Crippen LogP contribution in [0.3, 0.4) is 0 Å². The van der Waals surface area contributed by atoms with Gasteiger partial charge in [-0.3, -0.25) is 4.79 Å². The minimum atomic E-state index is -0.990. The van der Waals surface area contributed by atoms with Crippen molar-refractivity contribution in [3.8, 4) is 0 Å². The van der Waals surface area contributed by atoms with E-state index in [2.05, 4.69) is 10.3 Å². The number of carboxylic acid groups (broad SMARTS) is 1. The third-order valence-electron chi connectivity index (χ3n) is 2.09. The number of thiazole rings is 1. The Labute approximate surface area is 111 Å². The molecule has 2 rings (SSSR count). The number of hydrogen-bond donors (Lipinski definition) is 2. The Morgan fingerprint density at radius 2 is 2.22 bits per heavy atom. The van der Waals surface area contributed by atoms with Gasteiger partial charge < -0.3 is 10.4 Å². The van der Waals surface area contributed by atoms with E-state index in [0.717, 1.165) is 22.0 Å². The molecule has 2 heterocycles. The van der Waals surface area contributed by atoms with Crippen molar-refractivity contribution in [3.63, 3.8) is 0 Å². The van der Waals surface area contributed by atoms with Crippen molar-refractivity contribution in [2.24, 2.45) is 0 Å². The van der Waals surface area contributed by atoms with Gasteiger partial charge in [0, 0.05) is 5.38 Å². The van der Waals surface area contributed by atoms with Crippen LogP contribution in [0.5, 0.6) is 0 Å². The van der Waals surface area contributed by atoms with Gasteiger partial charge >= 0.3 is 5.97 Å². The van der Waals surface area contributed by atoms with E-state index in [1.165, 1.54) is 17.4 Å². The third-order valence-corrected chi connectivity index (χ3v) is 3.90. The molecule has 0 aromatic carbocycles. The molecular formula is C11H10N2O3S2. The lowest BCUT2D eigenvalue weighted by Gasteiger charge is -1.99. The van der Waals surface area contributed by atoms with E-state index in [1.54, 1.807) is 6.07 Å². The van der Waals surface area contributed by atoms with Gasteiger partial charge in [-0.2, -0.15) is 0 Å². The first kappa shape index (κ1) is 12.7. The van der Waals surface area contributed by atoms with Crippen molar-refractivity contribution in [2.45, 2.75) is 13.3 Å². The summed E-state index contributed by atoms with van der Waals surface area (Å²) in [6.45, 7) is 1.88. The molecule has 0 aliphatic heterocycles. The molecule has 0 spiro atoms. The van der Waals surface area contributed by atoms with Crippen molar-refractivity contribution in [1.29, 1.82) is 0 Å². The van der Waals surface area contributed by atoms with Gasteiger partial charge in [-0.05, 0) is 19.1 Å². The summed E-state index contributed by atoms with van der Waals surface area (Å²) in [6, 6.07) is 3.05. The summed E-state index contributed by atoms with van der Waals surface area (Å²) in [5, 5.41) is 14.7. The Bertz CT molecular complexity index is 589. The van der Waals surface area contributed by atoms with Crippen LogP contribution in [0.4, 0.5) is 5.00 Å². The van der Waals surface area contributed by atoms with Crippen molar-refractivity contribution >= 4 is 39.6 Å². The molecule has 0 aliphatic carbocycles. The molecule has 0 bridgehead atoms. The number of nitrogens with one attached hydrogen (secondary N) is 1. The second-order valence-corrected chi connectivity index (χ2v) is 5.70. The van der Waals surface area contributed by atoms with Crippen LogP contribution in [0.1, 0.15) is 20.4 Å². The maximum atomic E-state index is 11.7. The molecule has 0 radical (unpaired) electrons. The summed E-state index contributed by atoms with van der Waals surface area (Å²) in [5.41, 5.74) is 0.727. The van der Waals surface area contributed by atoms with E-state index in [4.69, 9.17) is 5.11 Å². The Morgan fingerprint density at radius 1 is 1.44 bits per heavy atom. The SMILES string of the molecule is Cc1nc(CC(=O)Nc2ccc(C(=O)O)s2)cs1. The number of carbonyl (C=O) groups excluding carboxylic acids is 1. The smallest absolute Gasteiger partial charge is 0.345 e. The van der Waals surface area contributed by atoms with Crippen molar-refractivity contribution in [1.82, 2.24) is 4.98 Å². The monoisotopic (exact) mass is 282 g/mol. The number of aryl methyl sites for hydroxylation is 1. The maximum Gasteiger partial charge on any atom is 0.345 e. The molecule has 0 fully saturated rings. The average molecular weight is 282 g/mol. The van der Waals surface area contributed by atoms with E-state index in [1.807, 2.05) is 12.3 Å². The van der Waals surface area contributed by atoms with Crippen LogP contribution in [-0.2, 0) is 11.2 Å². The van der Waals surface area contributed by atoms with Crippen LogP contribution >= 0.6 is 22.7 Å². The molecule has 7 heteroatoms. The summed E-state index contributed by atoms with van der Waals surface area (Å²) in [4.78, 5) is 26.8. The first-order valence-electron chi connectivity index (χ1n) is 5.08. The van der Waals surface area contributed by atoms with E-state index < -0.39 is 5.97 Å². The number of hydrogen-bond acceptors (Lipinski definition) is 5. The summed E-state index contributed by atoms with van der Waals surface area (Å²) >= 11 is 2.53. The van der Waals surface area contributed by atoms with E-state index >= 15 is 0 Å². The number of aromatic carboxylic acids is 1. The fraction of sp³-hybridized carbons (Fsp3) is 0.182. The zero-order chi connectivity index (χ0) is 13.1. The number of nitrogens with zero attached hydrogens (tertiary/aromatic N) is 1. The number of carboxylic acids is 1. The molecular weight excluding hydrogens is 272 g/mol. The Kier molecular flexibility index (Phi) is 3.73. The van der Waals surface area contributed by atoms with E-state index in [-0.39, 0.29) is 17.2 Å². The van der Waals surface area contributed by atoms with Gasteiger partial charge in [0.1, 0.15) is 4.88 Å². The highest BCUT2D eigenvalue weighted by Gasteiger charge is 2.10. The predicted molar refractivity (Wildman–Crippen MR) is 70.5 cm³/mol. The lowest BCUT2D eigenvalue weighted by molar-refractivity contribution is -0.115. The lowest BCUT2D eigenvalue weighted by Crippen LogP contribution is -2.13. The van der Waals surface area contributed by atoms with Crippen LogP contribution in [0, 0.1) is 6.92 Å². The number of anilines is 1. The summed E-state index contributed by atoms with van der Waals surface area (Å²) in [6.07, 6.45) is 0.199. The highest BCUT2D eigenvalue weighted by atomic mass is 32.1. The first-order valence-corrected chi connectivity index (χ1v) is 6.78. The molecule has 0 unspecified atom stereocenters. The van der Waals surface area contributed by atoms with Gasteiger partial charge in [0.2, 0.25) is 5.91 Å². The molecule has 2 aromatic rings. The van der Waals surface area contributed by atoms with Gasteiger partial charge in [-0.25, -0.2) is 9.78 Å². The second kappa shape index (κ2) is 5.28. The largest absolute Gasteiger partial charge is 0.477 e. The molecule has 0 atom stereocenters. The highest BCUT2D eigenvalue weighted by molar-refractivity contribution is 7.18. The highest BCUT2D eigenvalue weighted by Crippen LogP contribution is 2.22. The summed E-state index contributed by atoms with van der Waals surface area (Å²) in [5.74, 6) is -1.19. The average Bonchev–Trinajstić information content (AvgIpc) is 2.88. The predicted octanol–water partition coefficient (Wildman–Crippen LogP) is 2.39. The Morgan fingerprint density at radius 3 is 2.78 bits per heavy atom. The van der Waals surface area contributed by atoms with Crippen LogP contribution in [-0.4, -0.2) is 22.0 Å². The molecule has 2 aromatic heterocycles. The van der Waals surface area contributed by atoms with Gasteiger partial charge in [0.25, 0.3) is 0 Å². The molecule has 2 N–H and O–H groups in total. The first-order chi connectivity index (χ1) is 8.54. The van der Waals surface area contributed by atoms with Gasteiger partial charge in [0.05, 0.1) is 22.1 Å². The molecule has 0 saturated heterocycles. The third kappa shape index (κ3) is 3.14. The zero-order valence-electron chi connectivity index (χ0n) is 9.47. The minimum Gasteiger partial charge on any atom is -0.477 e. The number of amides is 1. The second-order valence-electron chi connectivity index (χ2n) is 3.55. The maximum absolute atomic E-state index is 11.7. The van der Waals surface area contributed by atoms with Crippen molar-refractivity contribution in [2.75, 3.05) is 5.32 Å². The van der Waals surface area contributed by atoms with Crippen LogP contribution in [0.15, 0.2) is 17.5 Å². The molecule has 0 aliphatic rings. The minimum absolute atomic E-state index is 0.195. The molecule has 18 heavy (non-hydrogen) atoms. The molecule has 1 amide bonds. The van der Waals surface area contributed by atoms with Gasteiger partial charge in [-0.15, -0.1) is 22.7 Å². The quantitative estimate of drug-likeness (QED) is 0.902. The number of aromatic nitrogens is 1. The standard InChI is InChI=1S/C11H10N2O3S2/c1-6-12-7(5-17-6)4-9(14)13-10-3-2-8(18-10)11(15)16/h2-3,5H,4H2,1H3,(H,13,14)(H,15,16). The lowest BCUT2D eigenvalue weighted by atomic mass is 10.3. The van der Waals surface area contributed by atoms with E-state index in [0.29, 0.717) is 5.00 Å². The normalized spacial score (nSPS) is 10.3. The van der Waals surface area contributed by atoms with Crippen LogP contribution < -0.4 is 5.32 Å².